The predicted octanol–water partition coefficient (Wildman–Crippen LogP) is 4.54. The summed E-state index contributed by atoms with van der Waals surface area (Å²) >= 11 is 0. The van der Waals surface area contributed by atoms with E-state index >= 15 is 0 Å². The second-order valence-corrected chi connectivity index (χ2v) is 5.06. The molecule has 0 aromatic heterocycles. The summed E-state index contributed by atoms with van der Waals surface area (Å²) in [5, 5.41) is 18.5. The topological polar surface area (TPSA) is 57.6 Å². The fraction of sp³-hybridized carbons (Fsp3) is 0. The van der Waals surface area contributed by atoms with Gasteiger partial charge in [0.15, 0.2) is 0 Å². The Kier molecular flexibility index (Phi) is 4.14. The number of hydrogen-bond acceptors (Lipinski definition) is 3. The smallest absolute Gasteiger partial charge is 0.269 e. The minimum absolute atomic E-state index is 0.0290. The third-order valence-corrected chi connectivity index (χ3v) is 3.50. The van der Waals surface area contributed by atoms with Crippen LogP contribution in [0.15, 0.2) is 72.1 Å². The number of rotatable bonds is 2. The first-order chi connectivity index (χ1) is 11.7. The minimum Gasteiger partial charge on any atom is -0.508 e. The molecule has 114 valence electrons. The summed E-state index contributed by atoms with van der Waals surface area (Å²) in [5.74, 6) is 1.35. The van der Waals surface area contributed by atoms with Crippen LogP contribution in [0.1, 0.15) is 11.1 Å². The standard InChI is InChI=1S/C20H12N2O2/c1-22-19(13-21)18-12-16(24-20-5-3-2-4-17(18)20)11-8-14-6-9-15(23)10-7-14/h2-12,23H/b11-8+,19-18-. The van der Waals surface area contributed by atoms with Crippen LogP contribution in [0.3, 0.4) is 0 Å². The number of hydrogen-bond donors (Lipinski definition) is 1. The van der Waals surface area contributed by atoms with Crippen LogP contribution in [0.5, 0.6) is 11.5 Å². The van der Waals surface area contributed by atoms with E-state index in [-0.39, 0.29) is 11.4 Å². The maximum atomic E-state index is 9.31. The van der Waals surface area contributed by atoms with Crippen LogP contribution in [0.25, 0.3) is 16.5 Å². The molecule has 0 aliphatic carbocycles. The van der Waals surface area contributed by atoms with Gasteiger partial charge < -0.3 is 9.84 Å². The molecule has 0 bridgehead atoms. The molecule has 4 nitrogen and oxygen atoms in total. The number of allylic oxidation sites excluding steroid dienone is 4. The summed E-state index contributed by atoms with van der Waals surface area (Å²) in [6.45, 7) is 7.19. The van der Waals surface area contributed by atoms with E-state index < -0.39 is 0 Å². The van der Waals surface area contributed by atoms with E-state index in [1.54, 1.807) is 42.5 Å². The second kappa shape index (κ2) is 6.56. The largest absolute Gasteiger partial charge is 0.508 e. The highest BCUT2D eigenvalue weighted by molar-refractivity contribution is 5.85. The fourth-order valence-electron chi connectivity index (χ4n) is 2.34. The molecule has 1 aliphatic heterocycles. The van der Waals surface area contributed by atoms with Gasteiger partial charge in [-0.15, -0.1) is 0 Å². The number of phenolic OH excluding ortho intramolecular Hbond substituents is 1. The lowest BCUT2D eigenvalue weighted by atomic mass is 9.99. The molecule has 0 spiro atoms. The molecule has 1 heterocycles. The van der Waals surface area contributed by atoms with E-state index in [1.165, 1.54) is 0 Å². The number of phenols is 1. The monoisotopic (exact) mass is 312 g/mol. The molecule has 3 rings (SSSR count). The third kappa shape index (κ3) is 3.04. The number of para-hydroxylation sites is 1. The number of benzene rings is 2. The Morgan fingerprint density at radius 3 is 2.58 bits per heavy atom. The van der Waals surface area contributed by atoms with Crippen molar-refractivity contribution in [2.45, 2.75) is 0 Å². The highest BCUT2D eigenvalue weighted by Gasteiger charge is 2.18. The van der Waals surface area contributed by atoms with Crippen molar-refractivity contribution < 1.29 is 9.84 Å². The Bertz CT molecular complexity index is 936. The van der Waals surface area contributed by atoms with Crippen molar-refractivity contribution in [2.24, 2.45) is 0 Å². The Labute approximate surface area is 139 Å². The van der Waals surface area contributed by atoms with Gasteiger partial charge in [-0.3, -0.25) is 0 Å². The normalized spacial score (nSPS) is 14.8. The lowest BCUT2D eigenvalue weighted by Gasteiger charge is -2.18. The van der Waals surface area contributed by atoms with E-state index in [9.17, 15) is 10.4 Å². The van der Waals surface area contributed by atoms with Crippen molar-refractivity contribution in [3.05, 3.63) is 94.7 Å². The van der Waals surface area contributed by atoms with Crippen molar-refractivity contribution in [2.75, 3.05) is 0 Å². The highest BCUT2D eigenvalue weighted by Crippen LogP contribution is 2.36. The molecule has 0 atom stereocenters. The Balaban J connectivity index is 2.01. The van der Waals surface area contributed by atoms with Gasteiger partial charge in [0.2, 0.25) is 0 Å². The van der Waals surface area contributed by atoms with Gasteiger partial charge in [0, 0.05) is 11.1 Å². The van der Waals surface area contributed by atoms with Gasteiger partial charge in [0.25, 0.3) is 5.70 Å². The van der Waals surface area contributed by atoms with Gasteiger partial charge in [-0.1, -0.05) is 36.4 Å². The summed E-state index contributed by atoms with van der Waals surface area (Å²) in [6, 6.07) is 16.0. The molecule has 4 heteroatoms. The third-order valence-electron chi connectivity index (χ3n) is 3.50. The van der Waals surface area contributed by atoms with E-state index in [0.29, 0.717) is 17.1 Å². The average molecular weight is 312 g/mol. The Morgan fingerprint density at radius 2 is 1.88 bits per heavy atom. The molecule has 24 heavy (non-hydrogen) atoms. The second-order valence-electron chi connectivity index (χ2n) is 5.06. The zero-order valence-corrected chi connectivity index (χ0v) is 12.6. The molecule has 0 saturated carbocycles. The fourth-order valence-corrected chi connectivity index (χ4v) is 2.34. The summed E-state index contributed by atoms with van der Waals surface area (Å²) in [5.41, 5.74) is 2.21. The summed E-state index contributed by atoms with van der Waals surface area (Å²) in [6.07, 6.45) is 5.29. The SMILES string of the molecule is [C-]#[N+]/C(C#N)=C1C=C(/C=C/c2ccc(O)cc2)Oc2ccccc2/1. The van der Waals surface area contributed by atoms with Gasteiger partial charge in [-0.05, 0) is 35.9 Å². The zero-order chi connectivity index (χ0) is 16.9. The number of nitriles is 1. The van der Waals surface area contributed by atoms with E-state index in [0.717, 1.165) is 11.1 Å². The number of aromatic hydroxyl groups is 1. The number of nitrogens with zero attached hydrogens (tertiary/aromatic N) is 2. The van der Waals surface area contributed by atoms with E-state index in [2.05, 4.69) is 4.85 Å². The highest BCUT2D eigenvalue weighted by atomic mass is 16.5. The Hall–Kier alpha value is -3.76. The van der Waals surface area contributed by atoms with Crippen molar-refractivity contribution in [3.8, 4) is 17.6 Å². The average Bonchev–Trinajstić information content (AvgIpc) is 2.62. The predicted molar refractivity (Wildman–Crippen MR) is 91.4 cm³/mol. The minimum atomic E-state index is 0.0290. The maximum absolute atomic E-state index is 9.31. The number of ether oxygens (including phenoxy) is 1. The number of fused-ring (bicyclic) bond motifs is 1. The van der Waals surface area contributed by atoms with Crippen molar-refractivity contribution in [1.82, 2.24) is 0 Å². The first-order valence-corrected chi connectivity index (χ1v) is 7.19. The van der Waals surface area contributed by atoms with E-state index in [4.69, 9.17) is 11.3 Å². The molecule has 0 fully saturated rings. The van der Waals surface area contributed by atoms with Crippen LogP contribution < -0.4 is 4.74 Å². The van der Waals surface area contributed by atoms with Crippen molar-refractivity contribution in [1.29, 1.82) is 5.26 Å². The quantitative estimate of drug-likeness (QED) is 0.654. The molecular weight excluding hydrogens is 300 g/mol. The summed E-state index contributed by atoms with van der Waals surface area (Å²) < 4.78 is 5.83. The van der Waals surface area contributed by atoms with Crippen molar-refractivity contribution in [3.63, 3.8) is 0 Å². The zero-order valence-electron chi connectivity index (χ0n) is 12.6. The van der Waals surface area contributed by atoms with Gasteiger partial charge in [0.05, 0.1) is 12.6 Å². The summed E-state index contributed by atoms with van der Waals surface area (Å²) in [4.78, 5) is 3.31. The lowest BCUT2D eigenvalue weighted by Crippen LogP contribution is -2.03. The van der Waals surface area contributed by atoms with Crippen LogP contribution in [0, 0.1) is 17.9 Å². The van der Waals surface area contributed by atoms with Crippen LogP contribution in [-0.4, -0.2) is 5.11 Å². The molecule has 2 aromatic carbocycles. The maximum Gasteiger partial charge on any atom is 0.269 e. The molecular formula is C20H12N2O2. The molecule has 0 amide bonds. The lowest BCUT2D eigenvalue weighted by molar-refractivity contribution is 0.439. The van der Waals surface area contributed by atoms with E-state index in [1.807, 2.05) is 30.3 Å². The first-order valence-electron chi connectivity index (χ1n) is 7.19. The molecule has 1 N–H and O–H groups in total. The first kappa shape index (κ1) is 15.1. The molecule has 0 unspecified atom stereocenters. The van der Waals surface area contributed by atoms with Crippen LogP contribution in [-0.2, 0) is 0 Å². The van der Waals surface area contributed by atoms with Crippen LogP contribution in [0.4, 0.5) is 0 Å². The van der Waals surface area contributed by atoms with Gasteiger partial charge in [-0.25, -0.2) is 10.1 Å². The molecule has 0 saturated heterocycles. The van der Waals surface area contributed by atoms with Crippen LogP contribution in [0.2, 0.25) is 0 Å². The molecule has 1 aliphatic rings. The van der Waals surface area contributed by atoms with Gasteiger partial charge >= 0.3 is 0 Å². The van der Waals surface area contributed by atoms with Crippen molar-refractivity contribution >= 4 is 11.6 Å². The Morgan fingerprint density at radius 1 is 1.12 bits per heavy atom. The summed E-state index contributed by atoms with van der Waals surface area (Å²) in [7, 11) is 0. The van der Waals surface area contributed by atoms with Crippen LogP contribution >= 0.6 is 0 Å². The molecule has 2 aromatic rings. The molecule has 0 radical (unpaired) electrons. The van der Waals surface area contributed by atoms with Gasteiger partial charge in [-0.2, -0.15) is 0 Å². The van der Waals surface area contributed by atoms with Gasteiger partial charge in [0.1, 0.15) is 17.3 Å².